The highest BCUT2D eigenvalue weighted by molar-refractivity contribution is 8.00. The number of thioether (sulfide) groups is 1. The third kappa shape index (κ3) is 3.78. The van der Waals surface area contributed by atoms with E-state index in [0.717, 1.165) is 12.1 Å². The highest BCUT2D eigenvalue weighted by Gasteiger charge is 2.18. The summed E-state index contributed by atoms with van der Waals surface area (Å²) in [6.45, 7) is 4.35. The number of rotatable bonds is 5. The molecule has 0 aliphatic heterocycles. The predicted molar refractivity (Wildman–Crippen MR) is 76.0 cm³/mol. The Hall–Kier alpha value is -1.96. The number of nitrogens with zero attached hydrogens (tertiary/aromatic N) is 3. The molecule has 0 saturated carbocycles. The third-order valence-corrected chi connectivity index (χ3v) is 3.85. The molecule has 1 aromatic heterocycles. The molecule has 1 aromatic carbocycles. The quantitative estimate of drug-likeness (QED) is 0.862. The Morgan fingerprint density at radius 3 is 2.86 bits per heavy atom. The molecule has 1 heterocycles. The number of aryl methyl sites for hydroxylation is 1. The van der Waals surface area contributed by atoms with Crippen LogP contribution in [0.1, 0.15) is 13.8 Å². The maximum absolute atomic E-state index is 13.1. The van der Waals surface area contributed by atoms with Gasteiger partial charge in [0.1, 0.15) is 6.33 Å². The summed E-state index contributed by atoms with van der Waals surface area (Å²) in [4.78, 5) is 12.0. The number of nitrogens with one attached hydrogen (secondary N) is 1. The number of carbonyl (C=O) groups excluding carboxylic acids is 1. The summed E-state index contributed by atoms with van der Waals surface area (Å²) in [5.41, 5.74) is 0.211. The fraction of sp³-hybridized carbons (Fsp3) is 0.308. The van der Waals surface area contributed by atoms with Crippen LogP contribution in [0.2, 0.25) is 0 Å². The van der Waals surface area contributed by atoms with Crippen LogP contribution in [0.4, 0.5) is 14.5 Å². The van der Waals surface area contributed by atoms with Crippen LogP contribution in [-0.2, 0) is 11.3 Å². The first-order chi connectivity index (χ1) is 10.0. The Morgan fingerprint density at radius 2 is 2.19 bits per heavy atom. The van der Waals surface area contributed by atoms with Gasteiger partial charge in [0.25, 0.3) is 0 Å². The van der Waals surface area contributed by atoms with Gasteiger partial charge in [-0.3, -0.25) is 4.79 Å². The molecule has 1 N–H and O–H groups in total. The lowest BCUT2D eigenvalue weighted by atomic mass is 10.3. The molecule has 0 saturated heterocycles. The van der Waals surface area contributed by atoms with Gasteiger partial charge in [-0.1, -0.05) is 11.8 Å². The molecule has 1 atom stereocenters. The summed E-state index contributed by atoms with van der Waals surface area (Å²) in [6, 6.07) is 3.22. The monoisotopic (exact) mass is 312 g/mol. The molecule has 0 radical (unpaired) electrons. The van der Waals surface area contributed by atoms with E-state index in [1.54, 1.807) is 13.3 Å². The van der Waals surface area contributed by atoms with E-state index in [4.69, 9.17) is 0 Å². The molecule has 0 spiro atoms. The van der Waals surface area contributed by atoms with Crippen molar-refractivity contribution < 1.29 is 13.6 Å². The lowest BCUT2D eigenvalue weighted by Crippen LogP contribution is -2.23. The maximum Gasteiger partial charge on any atom is 0.237 e. The van der Waals surface area contributed by atoms with E-state index >= 15 is 0 Å². The fourth-order valence-electron chi connectivity index (χ4n) is 1.58. The van der Waals surface area contributed by atoms with Gasteiger partial charge < -0.3 is 9.88 Å². The van der Waals surface area contributed by atoms with Crippen LogP contribution < -0.4 is 5.32 Å². The zero-order valence-electron chi connectivity index (χ0n) is 11.5. The Labute approximate surface area is 124 Å². The van der Waals surface area contributed by atoms with Gasteiger partial charge in [0, 0.05) is 18.3 Å². The molecular weight excluding hydrogens is 298 g/mol. The first-order valence-corrected chi connectivity index (χ1v) is 7.19. The van der Waals surface area contributed by atoms with Crippen molar-refractivity contribution in [2.45, 2.75) is 30.8 Å². The summed E-state index contributed by atoms with van der Waals surface area (Å²) in [5.74, 6) is -2.28. The van der Waals surface area contributed by atoms with Crippen molar-refractivity contribution in [3.05, 3.63) is 36.2 Å². The van der Waals surface area contributed by atoms with E-state index in [0.29, 0.717) is 11.7 Å². The van der Waals surface area contributed by atoms with Gasteiger partial charge in [0.15, 0.2) is 16.8 Å². The van der Waals surface area contributed by atoms with E-state index in [1.807, 2.05) is 11.5 Å². The summed E-state index contributed by atoms with van der Waals surface area (Å²) in [6.07, 6.45) is 1.59. The van der Waals surface area contributed by atoms with Crippen LogP contribution in [0.3, 0.4) is 0 Å². The lowest BCUT2D eigenvalue weighted by molar-refractivity contribution is -0.115. The molecule has 0 bridgehead atoms. The van der Waals surface area contributed by atoms with Crippen molar-refractivity contribution in [2.75, 3.05) is 5.32 Å². The van der Waals surface area contributed by atoms with E-state index in [9.17, 15) is 13.6 Å². The van der Waals surface area contributed by atoms with Gasteiger partial charge in [-0.2, -0.15) is 0 Å². The van der Waals surface area contributed by atoms with Crippen LogP contribution in [0, 0.1) is 11.6 Å². The van der Waals surface area contributed by atoms with Gasteiger partial charge in [-0.15, -0.1) is 10.2 Å². The number of amides is 1. The fourth-order valence-corrected chi connectivity index (χ4v) is 2.47. The molecule has 1 amide bonds. The number of benzene rings is 1. The minimum absolute atomic E-state index is 0.211. The predicted octanol–water partition coefficient (Wildman–Crippen LogP) is 2.70. The normalized spacial score (nSPS) is 12.2. The molecule has 1 unspecified atom stereocenters. The SMILES string of the molecule is CCn1cnnc1SC(C)C(=O)Nc1ccc(F)c(F)c1. The van der Waals surface area contributed by atoms with Crippen LogP contribution >= 0.6 is 11.8 Å². The zero-order chi connectivity index (χ0) is 15.4. The molecule has 0 aliphatic rings. The average molecular weight is 312 g/mol. The standard InChI is InChI=1S/C13H14F2N4OS/c1-3-19-7-16-18-13(19)21-8(2)12(20)17-9-4-5-10(14)11(15)6-9/h4-8H,3H2,1-2H3,(H,17,20). The number of hydrogen-bond donors (Lipinski definition) is 1. The van der Waals surface area contributed by atoms with Crippen LogP contribution in [0.25, 0.3) is 0 Å². The number of anilines is 1. The second kappa shape index (κ2) is 6.66. The molecule has 21 heavy (non-hydrogen) atoms. The summed E-state index contributed by atoms with van der Waals surface area (Å²) >= 11 is 1.25. The Morgan fingerprint density at radius 1 is 1.43 bits per heavy atom. The minimum Gasteiger partial charge on any atom is -0.325 e. The van der Waals surface area contributed by atoms with Crippen LogP contribution in [0.5, 0.6) is 0 Å². The van der Waals surface area contributed by atoms with Gasteiger partial charge in [0.2, 0.25) is 5.91 Å². The van der Waals surface area contributed by atoms with Gasteiger partial charge in [-0.05, 0) is 26.0 Å². The van der Waals surface area contributed by atoms with Gasteiger partial charge >= 0.3 is 0 Å². The Kier molecular flexibility index (Phi) is 4.89. The van der Waals surface area contributed by atoms with Crippen molar-refractivity contribution in [3.63, 3.8) is 0 Å². The summed E-state index contributed by atoms with van der Waals surface area (Å²) < 4.78 is 27.7. The second-order valence-electron chi connectivity index (χ2n) is 4.28. The molecule has 0 aliphatic carbocycles. The zero-order valence-corrected chi connectivity index (χ0v) is 12.3. The first-order valence-electron chi connectivity index (χ1n) is 6.31. The minimum atomic E-state index is -1.00. The highest BCUT2D eigenvalue weighted by Crippen LogP contribution is 2.22. The smallest absolute Gasteiger partial charge is 0.237 e. The molecule has 112 valence electrons. The van der Waals surface area contributed by atoms with E-state index in [1.165, 1.54) is 17.8 Å². The first kappa shape index (κ1) is 15.4. The molecule has 8 heteroatoms. The maximum atomic E-state index is 13.1. The molecular formula is C13H14F2N4OS. The highest BCUT2D eigenvalue weighted by atomic mass is 32.2. The van der Waals surface area contributed by atoms with Crippen molar-refractivity contribution in [1.82, 2.24) is 14.8 Å². The second-order valence-corrected chi connectivity index (χ2v) is 5.59. The van der Waals surface area contributed by atoms with Gasteiger partial charge in [0.05, 0.1) is 5.25 Å². The van der Waals surface area contributed by atoms with E-state index < -0.39 is 16.9 Å². The van der Waals surface area contributed by atoms with Crippen LogP contribution in [0.15, 0.2) is 29.7 Å². The van der Waals surface area contributed by atoms with Gasteiger partial charge in [-0.25, -0.2) is 8.78 Å². The van der Waals surface area contributed by atoms with Crippen molar-refractivity contribution in [1.29, 1.82) is 0 Å². The van der Waals surface area contributed by atoms with E-state index in [-0.39, 0.29) is 11.6 Å². The van der Waals surface area contributed by atoms with Crippen molar-refractivity contribution in [3.8, 4) is 0 Å². The molecule has 5 nitrogen and oxygen atoms in total. The van der Waals surface area contributed by atoms with Crippen LogP contribution in [-0.4, -0.2) is 25.9 Å². The summed E-state index contributed by atoms with van der Waals surface area (Å²) in [7, 11) is 0. The number of aromatic nitrogens is 3. The Balaban J connectivity index is 2.01. The molecule has 0 fully saturated rings. The van der Waals surface area contributed by atoms with Crippen molar-refractivity contribution >= 4 is 23.4 Å². The number of halogens is 2. The third-order valence-electron chi connectivity index (χ3n) is 2.76. The number of carbonyl (C=O) groups is 1. The summed E-state index contributed by atoms with van der Waals surface area (Å²) in [5, 5.41) is 10.4. The largest absolute Gasteiger partial charge is 0.325 e. The van der Waals surface area contributed by atoms with E-state index in [2.05, 4.69) is 15.5 Å². The Bertz CT molecular complexity index is 647. The average Bonchev–Trinajstić information content (AvgIpc) is 2.90. The number of hydrogen-bond acceptors (Lipinski definition) is 4. The molecule has 2 aromatic rings. The molecule has 2 rings (SSSR count). The topological polar surface area (TPSA) is 59.8 Å². The van der Waals surface area contributed by atoms with Crippen molar-refractivity contribution in [2.24, 2.45) is 0 Å². The lowest BCUT2D eigenvalue weighted by Gasteiger charge is -2.12.